The molecule has 1 aromatic carbocycles. The molecule has 1 heterocycles. The minimum absolute atomic E-state index is 0.604. The molecule has 2 rings (SSSR count). The van der Waals surface area contributed by atoms with Crippen LogP contribution < -0.4 is 5.32 Å². The van der Waals surface area contributed by atoms with Crippen molar-refractivity contribution in [3.8, 4) is 0 Å². The number of benzene rings is 1. The van der Waals surface area contributed by atoms with Crippen molar-refractivity contribution in [2.45, 2.75) is 25.3 Å². The summed E-state index contributed by atoms with van der Waals surface area (Å²) in [5.41, 5.74) is 1.42. The Kier molecular flexibility index (Phi) is 2.42. The standard InChI is InChI=1S/C11H14N/c1-2-5-10(6-3-1)9-11-7-4-8-12-11/h1-3,5-6,11H,4,7-9H2. The predicted molar refractivity (Wildman–Crippen MR) is 50.2 cm³/mol. The van der Waals surface area contributed by atoms with E-state index in [0.29, 0.717) is 6.04 Å². The normalized spacial score (nSPS) is 22.8. The molecule has 1 aliphatic heterocycles. The highest BCUT2D eigenvalue weighted by molar-refractivity contribution is 5.16. The van der Waals surface area contributed by atoms with E-state index in [9.17, 15) is 0 Å². The molecule has 0 aliphatic carbocycles. The molecule has 0 N–H and O–H groups in total. The molecule has 1 unspecified atom stereocenters. The van der Waals surface area contributed by atoms with Gasteiger partial charge in [0, 0.05) is 12.6 Å². The average molecular weight is 160 g/mol. The molecular formula is C11H14N. The van der Waals surface area contributed by atoms with Gasteiger partial charge in [-0.1, -0.05) is 30.3 Å². The topological polar surface area (TPSA) is 14.1 Å². The lowest BCUT2D eigenvalue weighted by Crippen LogP contribution is -2.16. The third kappa shape index (κ3) is 1.86. The van der Waals surface area contributed by atoms with E-state index in [1.165, 1.54) is 18.4 Å². The zero-order valence-electron chi connectivity index (χ0n) is 7.24. The van der Waals surface area contributed by atoms with Crippen LogP contribution in [0.5, 0.6) is 0 Å². The van der Waals surface area contributed by atoms with Crippen molar-refractivity contribution < 1.29 is 0 Å². The summed E-state index contributed by atoms with van der Waals surface area (Å²) in [6, 6.07) is 11.2. The molecule has 0 saturated carbocycles. The third-order valence-corrected chi connectivity index (χ3v) is 2.40. The van der Waals surface area contributed by atoms with Crippen molar-refractivity contribution in [3.05, 3.63) is 35.9 Å². The van der Waals surface area contributed by atoms with E-state index in [1.54, 1.807) is 0 Å². The number of hydrogen-bond acceptors (Lipinski definition) is 0. The third-order valence-electron chi connectivity index (χ3n) is 2.40. The van der Waals surface area contributed by atoms with Crippen LogP contribution in [-0.2, 0) is 6.42 Å². The van der Waals surface area contributed by atoms with E-state index in [2.05, 4.69) is 35.6 Å². The first-order chi connectivity index (χ1) is 5.95. The molecule has 0 amide bonds. The maximum absolute atomic E-state index is 4.53. The zero-order valence-corrected chi connectivity index (χ0v) is 7.24. The lowest BCUT2D eigenvalue weighted by molar-refractivity contribution is 0.593. The fourth-order valence-electron chi connectivity index (χ4n) is 1.74. The van der Waals surface area contributed by atoms with Crippen LogP contribution in [0.25, 0.3) is 0 Å². The summed E-state index contributed by atoms with van der Waals surface area (Å²) in [4.78, 5) is 0. The fourth-order valence-corrected chi connectivity index (χ4v) is 1.74. The van der Waals surface area contributed by atoms with Crippen LogP contribution in [-0.4, -0.2) is 12.6 Å². The molecular weight excluding hydrogens is 146 g/mol. The first-order valence-electron chi connectivity index (χ1n) is 4.66. The van der Waals surface area contributed by atoms with E-state index in [1.807, 2.05) is 0 Å². The largest absolute Gasteiger partial charge is 0.238 e. The van der Waals surface area contributed by atoms with Gasteiger partial charge >= 0.3 is 0 Å². The van der Waals surface area contributed by atoms with Gasteiger partial charge in [0.05, 0.1) is 0 Å². The summed E-state index contributed by atoms with van der Waals surface area (Å²) in [5.74, 6) is 0. The summed E-state index contributed by atoms with van der Waals surface area (Å²) in [7, 11) is 0. The number of hydrogen-bond donors (Lipinski definition) is 0. The number of rotatable bonds is 2. The molecule has 1 nitrogen and oxygen atoms in total. The molecule has 1 saturated heterocycles. The lowest BCUT2D eigenvalue weighted by Gasteiger charge is -2.07. The van der Waals surface area contributed by atoms with Gasteiger partial charge in [0.1, 0.15) is 0 Å². The van der Waals surface area contributed by atoms with Crippen molar-refractivity contribution in [2.75, 3.05) is 6.54 Å². The molecule has 1 fully saturated rings. The van der Waals surface area contributed by atoms with Gasteiger partial charge in [-0.3, -0.25) is 0 Å². The van der Waals surface area contributed by atoms with Crippen molar-refractivity contribution in [3.63, 3.8) is 0 Å². The van der Waals surface area contributed by atoms with Crippen molar-refractivity contribution in [1.82, 2.24) is 5.32 Å². The Morgan fingerprint density at radius 1 is 1.25 bits per heavy atom. The molecule has 0 spiro atoms. The summed E-state index contributed by atoms with van der Waals surface area (Å²) in [6.07, 6.45) is 3.72. The van der Waals surface area contributed by atoms with E-state index in [-0.39, 0.29) is 0 Å². The van der Waals surface area contributed by atoms with Gasteiger partial charge in [0.25, 0.3) is 0 Å². The SMILES string of the molecule is c1ccc(CC2CCC[N]2)cc1. The van der Waals surface area contributed by atoms with Crippen LogP contribution in [0.3, 0.4) is 0 Å². The van der Waals surface area contributed by atoms with Crippen LogP contribution in [0.15, 0.2) is 30.3 Å². The van der Waals surface area contributed by atoms with Crippen LogP contribution in [0, 0.1) is 0 Å². The Morgan fingerprint density at radius 3 is 2.75 bits per heavy atom. The van der Waals surface area contributed by atoms with Gasteiger partial charge in [-0.25, -0.2) is 5.32 Å². The summed E-state index contributed by atoms with van der Waals surface area (Å²) in [6.45, 7) is 1.08. The molecule has 1 aromatic rings. The highest BCUT2D eigenvalue weighted by atomic mass is 14.9. The van der Waals surface area contributed by atoms with Gasteiger partial charge in [-0.2, -0.15) is 0 Å². The van der Waals surface area contributed by atoms with E-state index < -0.39 is 0 Å². The molecule has 63 valence electrons. The van der Waals surface area contributed by atoms with Crippen LogP contribution in [0.2, 0.25) is 0 Å². The smallest absolute Gasteiger partial charge is 0.0286 e. The van der Waals surface area contributed by atoms with Crippen LogP contribution >= 0.6 is 0 Å². The van der Waals surface area contributed by atoms with Crippen LogP contribution in [0.4, 0.5) is 0 Å². The molecule has 12 heavy (non-hydrogen) atoms. The monoisotopic (exact) mass is 160 g/mol. The first kappa shape index (κ1) is 7.81. The summed E-state index contributed by atoms with van der Waals surface area (Å²) in [5, 5.41) is 4.53. The van der Waals surface area contributed by atoms with Gasteiger partial charge < -0.3 is 0 Å². The predicted octanol–water partition coefficient (Wildman–Crippen LogP) is 2.00. The number of nitrogens with zero attached hydrogens (tertiary/aromatic N) is 1. The van der Waals surface area contributed by atoms with Crippen molar-refractivity contribution >= 4 is 0 Å². The fraction of sp³-hybridized carbons (Fsp3) is 0.455. The highest BCUT2D eigenvalue weighted by Crippen LogP contribution is 2.12. The Bertz CT molecular complexity index is 224. The molecule has 1 aliphatic rings. The Hall–Kier alpha value is -0.820. The lowest BCUT2D eigenvalue weighted by atomic mass is 10.1. The summed E-state index contributed by atoms with van der Waals surface area (Å²) >= 11 is 0. The van der Waals surface area contributed by atoms with E-state index >= 15 is 0 Å². The van der Waals surface area contributed by atoms with Crippen molar-refractivity contribution in [1.29, 1.82) is 0 Å². The quantitative estimate of drug-likeness (QED) is 0.628. The van der Waals surface area contributed by atoms with Crippen LogP contribution in [0.1, 0.15) is 18.4 Å². The summed E-state index contributed by atoms with van der Waals surface area (Å²) < 4.78 is 0. The molecule has 1 heteroatoms. The molecule has 0 aromatic heterocycles. The second-order valence-electron chi connectivity index (χ2n) is 3.39. The molecule has 1 radical (unpaired) electrons. The minimum Gasteiger partial charge on any atom is -0.238 e. The zero-order chi connectivity index (χ0) is 8.23. The van der Waals surface area contributed by atoms with E-state index in [4.69, 9.17) is 0 Å². The van der Waals surface area contributed by atoms with E-state index in [0.717, 1.165) is 13.0 Å². The Labute approximate surface area is 73.8 Å². The second-order valence-corrected chi connectivity index (χ2v) is 3.39. The first-order valence-corrected chi connectivity index (χ1v) is 4.66. The maximum atomic E-state index is 4.53. The average Bonchev–Trinajstić information content (AvgIpc) is 2.59. The van der Waals surface area contributed by atoms with Gasteiger partial charge in [0.2, 0.25) is 0 Å². The van der Waals surface area contributed by atoms with Gasteiger partial charge in [0.15, 0.2) is 0 Å². The minimum atomic E-state index is 0.604. The Balaban J connectivity index is 1.94. The Morgan fingerprint density at radius 2 is 2.08 bits per heavy atom. The van der Waals surface area contributed by atoms with Gasteiger partial charge in [-0.05, 0) is 24.8 Å². The van der Waals surface area contributed by atoms with Crippen molar-refractivity contribution in [2.24, 2.45) is 0 Å². The molecule has 0 bridgehead atoms. The maximum Gasteiger partial charge on any atom is 0.0286 e. The van der Waals surface area contributed by atoms with Gasteiger partial charge in [-0.15, -0.1) is 0 Å². The molecule has 1 atom stereocenters. The highest BCUT2D eigenvalue weighted by Gasteiger charge is 2.15. The second kappa shape index (κ2) is 3.72.